The molecule has 1 aromatic heterocycles. The number of rotatable bonds is 6. The lowest BCUT2D eigenvalue weighted by molar-refractivity contribution is -0.119. The first-order valence-electron chi connectivity index (χ1n) is 8.31. The van der Waals surface area contributed by atoms with Crippen molar-refractivity contribution >= 4 is 39.9 Å². The van der Waals surface area contributed by atoms with Crippen LogP contribution < -0.4 is 10.6 Å². The number of hydrogen-bond acceptors (Lipinski definition) is 4. The van der Waals surface area contributed by atoms with Gasteiger partial charge in [-0.15, -0.1) is 0 Å². The average molecular weight is 365 g/mol. The van der Waals surface area contributed by atoms with Crippen molar-refractivity contribution in [1.82, 2.24) is 4.98 Å². The van der Waals surface area contributed by atoms with Crippen LogP contribution >= 0.6 is 0 Å². The van der Waals surface area contributed by atoms with Gasteiger partial charge in [-0.2, -0.15) is 0 Å². The van der Waals surface area contributed by atoms with E-state index in [1.807, 2.05) is 18.2 Å². The lowest BCUT2D eigenvalue weighted by atomic mass is 10.1. The topological polar surface area (TPSA) is 100 Å². The Labute approximate surface area is 155 Å². The first kappa shape index (κ1) is 18.3. The lowest BCUT2D eigenvalue weighted by Crippen LogP contribution is -2.23. The number of para-hydroxylation sites is 1. The van der Waals surface area contributed by atoms with Crippen molar-refractivity contribution in [2.75, 3.05) is 24.4 Å². The summed E-state index contributed by atoms with van der Waals surface area (Å²) in [6, 6.07) is 13.9. The number of anilines is 2. The second-order valence-electron chi connectivity index (χ2n) is 6.02. The van der Waals surface area contributed by atoms with Gasteiger partial charge in [0, 0.05) is 35.1 Å². The highest BCUT2D eigenvalue weighted by molar-refractivity contribution is 6.48. The Bertz CT molecular complexity index is 1020. The molecular formula is C20H19N3O4. The molecule has 0 atom stereocenters. The molecule has 27 heavy (non-hydrogen) atoms. The molecule has 2 amide bonds. The fraction of sp³-hybridized carbons (Fsp3) is 0.150. The van der Waals surface area contributed by atoms with E-state index in [4.69, 9.17) is 4.74 Å². The number of carbonyl (C=O) groups is 3. The smallest absolute Gasteiger partial charge is 0.296 e. The highest BCUT2D eigenvalue weighted by Crippen LogP contribution is 2.23. The summed E-state index contributed by atoms with van der Waals surface area (Å²) in [7, 11) is 1.43. The summed E-state index contributed by atoms with van der Waals surface area (Å²) in [4.78, 5) is 39.8. The van der Waals surface area contributed by atoms with Gasteiger partial charge in [-0.3, -0.25) is 14.4 Å². The van der Waals surface area contributed by atoms with E-state index in [9.17, 15) is 14.4 Å². The molecule has 3 rings (SSSR count). The summed E-state index contributed by atoms with van der Waals surface area (Å²) in [5.41, 5.74) is 2.69. The number of ether oxygens (including phenoxy) is 1. The van der Waals surface area contributed by atoms with Crippen molar-refractivity contribution in [3.63, 3.8) is 0 Å². The Balaban J connectivity index is 1.78. The third kappa shape index (κ3) is 4.04. The van der Waals surface area contributed by atoms with Crippen LogP contribution in [0.15, 0.2) is 48.5 Å². The number of aryl methyl sites for hydroxylation is 1. The molecule has 7 nitrogen and oxygen atoms in total. The van der Waals surface area contributed by atoms with E-state index in [0.29, 0.717) is 28.0 Å². The van der Waals surface area contributed by atoms with E-state index in [-0.39, 0.29) is 12.5 Å². The van der Waals surface area contributed by atoms with Crippen LogP contribution in [0.4, 0.5) is 11.4 Å². The van der Waals surface area contributed by atoms with Crippen LogP contribution in [0.2, 0.25) is 0 Å². The number of hydrogen-bond donors (Lipinski definition) is 3. The first-order chi connectivity index (χ1) is 13.0. The zero-order valence-electron chi connectivity index (χ0n) is 15.0. The molecule has 0 spiro atoms. The van der Waals surface area contributed by atoms with E-state index in [1.54, 1.807) is 37.3 Å². The van der Waals surface area contributed by atoms with Crippen molar-refractivity contribution < 1.29 is 19.1 Å². The monoisotopic (exact) mass is 365 g/mol. The van der Waals surface area contributed by atoms with E-state index in [1.165, 1.54) is 7.11 Å². The largest absolute Gasteiger partial charge is 0.375 e. The van der Waals surface area contributed by atoms with Crippen molar-refractivity contribution in [3.8, 4) is 0 Å². The van der Waals surface area contributed by atoms with E-state index in [2.05, 4.69) is 15.6 Å². The summed E-state index contributed by atoms with van der Waals surface area (Å²) in [5, 5.41) is 5.93. The predicted molar refractivity (Wildman–Crippen MR) is 103 cm³/mol. The summed E-state index contributed by atoms with van der Waals surface area (Å²) in [6.45, 7) is 1.68. The summed E-state index contributed by atoms with van der Waals surface area (Å²) >= 11 is 0. The number of ketones is 1. The molecule has 1 heterocycles. The van der Waals surface area contributed by atoms with Crippen LogP contribution in [0, 0.1) is 6.92 Å². The van der Waals surface area contributed by atoms with Gasteiger partial charge in [-0.05, 0) is 31.2 Å². The number of amides is 2. The molecule has 0 saturated heterocycles. The molecule has 0 aliphatic carbocycles. The molecule has 0 bridgehead atoms. The summed E-state index contributed by atoms with van der Waals surface area (Å²) in [6.07, 6.45) is 0. The molecule has 0 fully saturated rings. The molecule has 0 aliphatic rings. The summed E-state index contributed by atoms with van der Waals surface area (Å²) < 4.78 is 4.76. The van der Waals surface area contributed by atoms with Gasteiger partial charge in [-0.1, -0.05) is 24.3 Å². The Morgan fingerprint density at radius 1 is 1.00 bits per heavy atom. The van der Waals surface area contributed by atoms with Crippen LogP contribution in [0.5, 0.6) is 0 Å². The Morgan fingerprint density at radius 3 is 2.44 bits per heavy atom. The van der Waals surface area contributed by atoms with Crippen molar-refractivity contribution in [2.45, 2.75) is 6.92 Å². The maximum atomic E-state index is 12.7. The Morgan fingerprint density at radius 2 is 1.70 bits per heavy atom. The fourth-order valence-electron chi connectivity index (χ4n) is 2.87. The van der Waals surface area contributed by atoms with E-state index >= 15 is 0 Å². The van der Waals surface area contributed by atoms with Gasteiger partial charge in [0.05, 0.1) is 5.56 Å². The number of fused-ring (bicyclic) bond motifs is 1. The molecule has 0 unspecified atom stereocenters. The normalized spacial score (nSPS) is 10.6. The van der Waals surface area contributed by atoms with Crippen molar-refractivity contribution in [3.05, 3.63) is 59.8 Å². The maximum absolute atomic E-state index is 12.7. The maximum Gasteiger partial charge on any atom is 0.296 e. The lowest BCUT2D eigenvalue weighted by Gasteiger charge is -2.08. The van der Waals surface area contributed by atoms with Gasteiger partial charge in [0.15, 0.2) is 0 Å². The zero-order chi connectivity index (χ0) is 19.4. The highest BCUT2D eigenvalue weighted by atomic mass is 16.5. The third-order valence-electron chi connectivity index (χ3n) is 4.01. The minimum absolute atomic E-state index is 0.0745. The Kier molecular flexibility index (Phi) is 5.33. The minimum atomic E-state index is -0.747. The number of nitrogens with one attached hydrogen (secondary N) is 3. The van der Waals surface area contributed by atoms with Gasteiger partial charge in [-0.25, -0.2) is 0 Å². The first-order valence-corrected chi connectivity index (χ1v) is 8.31. The van der Waals surface area contributed by atoms with Crippen LogP contribution in [0.25, 0.3) is 10.9 Å². The second kappa shape index (κ2) is 7.84. The fourth-order valence-corrected chi connectivity index (χ4v) is 2.87. The second-order valence-corrected chi connectivity index (χ2v) is 6.02. The zero-order valence-corrected chi connectivity index (χ0v) is 15.0. The molecule has 0 radical (unpaired) electrons. The van der Waals surface area contributed by atoms with Gasteiger partial charge in [0.2, 0.25) is 5.91 Å². The average Bonchev–Trinajstić information content (AvgIpc) is 2.97. The van der Waals surface area contributed by atoms with E-state index < -0.39 is 11.7 Å². The number of H-pyrrole nitrogens is 1. The summed E-state index contributed by atoms with van der Waals surface area (Å²) in [5.74, 6) is -1.69. The SMILES string of the molecule is COCC(=O)Nc1cccc(NC(=O)C(=O)c2c(C)[nH]c3ccccc23)c1. The number of carbonyl (C=O) groups excluding carboxylic acids is 3. The number of methoxy groups -OCH3 is 1. The molecule has 138 valence electrons. The van der Waals surface area contributed by atoms with Crippen LogP contribution in [-0.2, 0) is 14.3 Å². The van der Waals surface area contributed by atoms with Gasteiger partial charge >= 0.3 is 0 Å². The molecule has 7 heteroatoms. The molecule has 2 aromatic carbocycles. The van der Waals surface area contributed by atoms with Crippen molar-refractivity contribution in [1.29, 1.82) is 0 Å². The highest BCUT2D eigenvalue weighted by Gasteiger charge is 2.22. The number of aromatic nitrogens is 1. The van der Waals surface area contributed by atoms with Crippen LogP contribution in [0.3, 0.4) is 0 Å². The predicted octanol–water partition coefficient (Wildman–Crippen LogP) is 2.88. The minimum Gasteiger partial charge on any atom is -0.375 e. The Hall–Kier alpha value is -3.45. The van der Waals surface area contributed by atoms with Crippen LogP contribution in [-0.4, -0.2) is 36.3 Å². The number of aromatic amines is 1. The van der Waals surface area contributed by atoms with Crippen molar-refractivity contribution in [2.24, 2.45) is 0 Å². The molecule has 0 aliphatic heterocycles. The van der Waals surface area contributed by atoms with Crippen LogP contribution in [0.1, 0.15) is 16.1 Å². The number of Topliss-reactive ketones (excluding diaryl/α,β-unsaturated/α-hetero) is 1. The van der Waals surface area contributed by atoms with Gasteiger partial charge < -0.3 is 20.4 Å². The third-order valence-corrected chi connectivity index (χ3v) is 4.01. The number of benzene rings is 2. The molecule has 3 N–H and O–H groups in total. The molecule has 0 saturated carbocycles. The molecule has 3 aromatic rings. The van der Waals surface area contributed by atoms with Gasteiger partial charge in [0.1, 0.15) is 6.61 Å². The van der Waals surface area contributed by atoms with E-state index in [0.717, 1.165) is 5.52 Å². The quantitative estimate of drug-likeness (QED) is 0.462. The van der Waals surface area contributed by atoms with Gasteiger partial charge in [0.25, 0.3) is 11.7 Å². The standard InChI is InChI=1S/C20H19N3O4/c1-12-18(15-8-3-4-9-16(15)21-12)19(25)20(26)23-14-7-5-6-13(10-14)22-17(24)11-27-2/h3-10,21H,11H2,1-2H3,(H,22,24)(H,23,26). The molecular weight excluding hydrogens is 346 g/mol.